The van der Waals surface area contributed by atoms with Gasteiger partial charge in [-0.1, -0.05) is 13.8 Å². The maximum Gasteiger partial charge on any atom is 0.0900 e. The lowest BCUT2D eigenvalue weighted by atomic mass is 9.97. The maximum absolute atomic E-state index is 10.1. The molecular formula is C16H31NO3. The molecule has 0 radical (unpaired) electrons. The summed E-state index contributed by atoms with van der Waals surface area (Å²) in [7, 11) is 0. The molecule has 2 rings (SSSR count). The van der Waals surface area contributed by atoms with E-state index in [1.165, 1.54) is 12.8 Å². The lowest BCUT2D eigenvalue weighted by Crippen LogP contribution is -2.35. The summed E-state index contributed by atoms with van der Waals surface area (Å²) in [5.74, 6) is 1.60. The van der Waals surface area contributed by atoms with Gasteiger partial charge in [0.05, 0.1) is 18.8 Å². The standard InChI is InChI=1S/C16H31NO3/c1-13(2)9-14-3-6-17(10-14)11-15(18)12-20-16-4-7-19-8-5-16/h13-16,18H,3-12H2,1-2H3. The summed E-state index contributed by atoms with van der Waals surface area (Å²) in [4.78, 5) is 2.39. The van der Waals surface area contributed by atoms with E-state index in [1.807, 2.05) is 0 Å². The highest BCUT2D eigenvalue weighted by molar-refractivity contribution is 4.78. The van der Waals surface area contributed by atoms with Crippen LogP contribution in [0.1, 0.15) is 39.5 Å². The van der Waals surface area contributed by atoms with Crippen LogP contribution < -0.4 is 0 Å². The van der Waals surface area contributed by atoms with Crippen molar-refractivity contribution in [1.82, 2.24) is 4.90 Å². The van der Waals surface area contributed by atoms with Crippen molar-refractivity contribution in [3.63, 3.8) is 0 Å². The van der Waals surface area contributed by atoms with Crippen molar-refractivity contribution in [1.29, 1.82) is 0 Å². The molecule has 2 saturated heterocycles. The minimum atomic E-state index is -0.351. The quantitative estimate of drug-likeness (QED) is 0.776. The van der Waals surface area contributed by atoms with Crippen molar-refractivity contribution >= 4 is 0 Å². The summed E-state index contributed by atoms with van der Waals surface area (Å²) >= 11 is 0. The minimum absolute atomic E-state index is 0.283. The van der Waals surface area contributed by atoms with Crippen LogP contribution in [0.2, 0.25) is 0 Å². The van der Waals surface area contributed by atoms with Crippen LogP contribution in [0.5, 0.6) is 0 Å². The van der Waals surface area contributed by atoms with Crippen LogP contribution in [0.25, 0.3) is 0 Å². The lowest BCUT2D eigenvalue weighted by Gasteiger charge is -2.25. The first-order chi connectivity index (χ1) is 9.63. The fourth-order valence-electron chi connectivity index (χ4n) is 3.38. The van der Waals surface area contributed by atoms with Crippen molar-refractivity contribution < 1.29 is 14.6 Å². The van der Waals surface area contributed by atoms with Gasteiger partial charge in [-0.05, 0) is 44.1 Å². The molecule has 2 unspecified atom stereocenters. The van der Waals surface area contributed by atoms with E-state index in [0.717, 1.165) is 57.5 Å². The Kier molecular flexibility index (Phi) is 6.75. The molecule has 0 amide bonds. The number of aliphatic hydroxyl groups is 1. The molecule has 4 heteroatoms. The third-order valence-electron chi connectivity index (χ3n) is 4.34. The lowest BCUT2D eigenvalue weighted by molar-refractivity contribution is -0.0633. The smallest absolute Gasteiger partial charge is 0.0900 e. The Morgan fingerprint density at radius 3 is 2.70 bits per heavy atom. The number of hydrogen-bond donors (Lipinski definition) is 1. The normalized spacial score (nSPS) is 27.3. The fourth-order valence-corrected chi connectivity index (χ4v) is 3.38. The topological polar surface area (TPSA) is 41.9 Å². The molecule has 0 aromatic carbocycles. The van der Waals surface area contributed by atoms with Crippen molar-refractivity contribution in [2.45, 2.75) is 51.7 Å². The number of likely N-dealkylation sites (tertiary alicyclic amines) is 1. The van der Waals surface area contributed by atoms with Crippen LogP contribution in [0.15, 0.2) is 0 Å². The van der Waals surface area contributed by atoms with Crippen molar-refractivity contribution in [2.24, 2.45) is 11.8 Å². The summed E-state index contributed by atoms with van der Waals surface area (Å²) in [5, 5.41) is 10.1. The molecule has 2 fully saturated rings. The maximum atomic E-state index is 10.1. The van der Waals surface area contributed by atoms with E-state index in [-0.39, 0.29) is 12.2 Å². The van der Waals surface area contributed by atoms with Crippen molar-refractivity contribution in [3.8, 4) is 0 Å². The van der Waals surface area contributed by atoms with Crippen LogP contribution >= 0.6 is 0 Å². The molecule has 20 heavy (non-hydrogen) atoms. The number of ether oxygens (including phenoxy) is 2. The number of hydrogen-bond acceptors (Lipinski definition) is 4. The second kappa shape index (κ2) is 8.32. The second-order valence-electron chi connectivity index (χ2n) is 6.84. The third-order valence-corrected chi connectivity index (χ3v) is 4.34. The zero-order chi connectivity index (χ0) is 14.4. The average molecular weight is 285 g/mol. The van der Waals surface area contributed by atoms with Gasteiger partial charge in [0, 0.05) is 26.3 Å². The summed E-state index contributed by atoms with van der Waals surface area (Å²) in [6.45, 7) is 9.68. The predicted octanol–water partition coefficient (Wildman–Crippen LogP) is 1.91. The molecule has 118 valence electrons. The zero-order valence-electron chi connectivity index (χ0n) is 13.1. The predicted molar refractivity (Wildman–Crippen MR) is 79.8 cm³/mol. The van der Waals surface area contributed by atoms with Gasteiger partial charge in [-0.3, -0.25) is 0 Å². The summed E-state index contributed by atoms with van der Waals surface area (Å²) in [6, 6.07) is 0. The highest BCUT2D eigenvalue weighted by Crippen LogP contribution is 2.23. The Hall–Kier alpha value is -0.160. The molecule has 0 saturated carbocycles. The SMILES string of the molecule is CC(C)CC1CCN(CC(O)COC2CCOCC2)C1. The van der Waals surface area contributed by atoms with Gasteiger partial charge in [-0.2, -0.15) is 0 Å². The molecule has 2 aliphatic heterocycles. The Labute approximate surface area is 123 Å². The van der Waals surface area contributed by atoms with E-state index in [0.29, 0.717) is 6.61 Å². The first-order valence-corrected chi connectivity index (χ1v) is 8.23. The van der Waals surface area contributed by atoms with Crippen LogP contribution in [0.4, 0.5) is 0 Å². The molecule has 2 atom stereocenters. The van der Waals surface area contributed by atoms with E-state index in [9.17, 15) is 5.11 Å². The van der Waals surface area contributed by atoms with E-state index in [4.69, 9.17) is 9.47 Å². The van der Waals surface area contributed by atoms with Crippen LogP contribution in [-0.4, -0.2) is 61.7 Å². The molecule has 4 nitrogen and oxygen atoms in total. The van der Waals surface area contributed by atoms with E-state index < -0.39 is 0 Å². The Morgan fingerprint density at radius 1 is 1.25 bits per heavy atom. The molecule has 1 N–H and O–H groups in total. The van der Waals surface area contributed by atoms with Crippen molar-refractivity contribution in [3.05, 3.63) is 0 Å². The summed E-state index contributed by atoms with van der Waals surface area (Å²) < 4.78 is 11.1. The van der Waals surface area contributed by atoms with Gasteiger partial charge in [-0.25, -0.2) is 0 Å². The van der Waals surface area contributed by atoms with Gasteiger partial charge in [0.25, 0.3) is 0 Å². The van der Waals surface area contributed by atoms with Crippen LogP contribution in [0.3, 0.4) is 0 Å². The van der Waals surface area contributed by atoms with Gasteiger partial charge >= 0.3 is 0 Å². The monoisotopic (exact) mass is 285 g/mol. The highest BCUT2D eigenvalue weighted by atomic mass is 16.5. The van der Waals surface area contributed by atoms with E-state index >= 15 is 0 Å². The number of β-amino-alcohol motifs (C(OH)–C–C–N with tert-alkyl or cyclic N) is 1. The molecule has 0 bridgehead atoms. The molecule has 0 aromatic heterocycles. The molecule has 0 spiro atoms. The first kappa shape index (κ1) is 16.2. The van der Waals surface area contributed by atoms with E-state index in [2.05, 4.69) is 18.7 Å². The van der Waals surface area contributed by atoms with E-state index in [1.54, 1.807) is 0 Å². The molecule has 0 aromatic rings. The molecule has 2 heterocycles. The Balaban J connectivity index is 1.58. The number of nitrogens with zero attached hydrogens (tertiary/aromatic N) is 1. The van der Waals surface area contributed by atoms with Crippen LogP contribution in [0, 0.1) is 11.8 Å². The van der Waals surface area contributed by atoms with Crippen LogP contribution in [-0.2, 0) is 9.47 Å². The molecule has 0 aliphatic carbocycles. The summed E-state index contributed by atoms with van der Waals surface area (Å²) in [6.07, 6.45) is 4.46. The van der Waals surface area contributed by atoms with Gasteiger partial charge in [0.15, 0.2) is 0 Å². The molecule has 2 aliphatic rings. The number of aliphatic hydroxyl groups excluding tert-OH is 1. The number of rotatable bonds is 7. The van der Waals surface area contributed by atoms with Gasteiger partial charge in [0.1, 0.15) is 0 Å². The minimum Gasteiger partial charge on any atom is -0.389 e. The largest absolute Gasteiger partial charge is 0.389 e. The zero-order valence-corrected chi connectivity index (χ0v) is 13.1. The van der Waals surface area contributed by atoms with Crippen molar-refractivity contribution in [2.75, 3.05) is 39.5 Å². The van der Waals surface area contributed by atoms with Gasteiger partial charge < -0.3 is 19.5 Å². The Morgan fingerprint density at radius 2 is 2.00 bits per heavy atom. The Bertz CT molecular complexity index is 266. The van der Waals surface area contributed by atoms with Gasteiger partial charge in [0.2, 0.25) is 0 Å². The highest BCUT2D eigenvalue weighted by Gasteiger charge is 2.25. The fraction of sp³-hybridized carbons (Fsp3) is 1.00. The average Bonchev–Trinajstić information content (AvgIpc) is 2.84. The second-order valence-corrected chi connectivity index (χ2v) is 6.84. The molecular weight excluding hydrogens is 254 g/mol. The summed E-state index contributed by atoms with van der Waals surface area (Å²) in [5.41, 5.74) is 0. The van der Waals surface area contributed by atoms with Gasteiger partial charge in [-0.15, -0.1) is 0 Å². The third kappa shape index (κ3) is 5.68. The first-order valence-electron chi connectivity index (χ1n) is 8.23.